The number of rotatable bonds is 5. The van der Waals surface area contributed by atoms with Crippen LogP contribution in [-0.4, -0.2) is 24.0 Å². The Morgan fingerprint density at radius 2 is 2.13 bits per heavy atom. The molecule has 0 spiro atoms. The lowest BCUT2D eigenvalue weighted by atomic mass is 9.97. The number of thioether (sulfide) groups is 1. The molecule has 3 rings (SSSR count). The van der Waals surface area contributed by atoms with E-state index in [1.807, 2.05) is 36.5 Å². The zero-order chi connectivity index (χ0) is 16.1. The third-order valence-electron chi connectivity index (χ3n) is 4.10. The lowest BCUT2D eigenvalue weighted by Crippen LogP contribution is -2.27. The van der Waals surface area contributed by atoms with E-state index in [1.54, 1.807) is 18.0 Å². The van der Waals surface area contributed by atoms with E-state index in [9.17, 15) is 4.79 Å². The number of hydrogen-bond donors (Lipinski definition) is 2. The molecule has 1 aliphatic rings. The van der Waals surface area contributed by atoms with Gasteiger partial charge in [0.2, 0.25) is 5.91 Å². The van der Waals surface area contributed by atoms with Crippen LogP contribution in [0.5, 0.6) is 0 Å². The van der Waals surface area contributed by atoms with Crippen LogP contribution >= 0.6 is 11.8 Å². The highest BCUT2D eigenvalue weighted by atomic mass is 32.2. The molecule has 2 N–H and O–H groups in total. The van der Waals surface area contributed by atoms with Crippen LogP contribution < -0.4 is 10.6 Å². The molecule has 2 heterocycles. The fourth-order valence-electron chi connectivity index (χ4n) is 2.68. The van der Waals surface area contributed by atoms with Crippen molar-refractivity contribution < 1.29 is 4.79 Å². The second-order valence-corrected chi connectivity index (χ2v) is 6.95. The van der Waals surface area contributed by atoms with Gasteiger partial charge in [-0.1, -0.05) is 13.0 Å². The fraction of sp³-hybridized carbons (Fsp3) is 0.333. The van der Waals surface area contributed by atoms with Gasteiger partial charge in [-0.05, 0) is 48.4 Å². The van der Waals surface area contributed by atoms with Gasteiger partial charge in [0.15, 0.2) is 0 Å². The largest absolute Gasteiger partial charge is 0.326 e. The Balaban J connectivity index is 1.53. The SMILES string of the molecule is C[C@@H]1CNC[C@H]1C(=O)Nc1ccc(SCc2cccnc2)cc1. The predicted octanol–water partition coefficient (Wildman–Crippen LogP) is 3.17. The number of pyridine rings is 1. The summed E-state index contributed by atoms with van der Waals surface area (Å²) in [6, 6.07) is 12.1. The first-order chi connectivity index (χ1) is 11.2. The van der Waals surface area contributed by atoms with Gasteiger partial charge in [-0.25, -0.2) is 0 Å². The van der Waals surface area contributed by atoms with Crippen LogP contribution in [0, 0.1) is 11.8 Å². The maximum atomic E-state index is 12.3. The van der Waals surface area contributed by atoms with Crippen LogP contribution in [0.15, 0.2) is 53.7 Å². The second kappa shape index (κ2) is 7.62. The van der Waals surface area contributed by atoms with E-state index < -0.39 is 0 Å². The normalized spacial score (nSPS) is 20.4. The molecule has 5 heteroatoms. The van der Waals surface area contributed by atoms with Gasteiger partial charge in [-0.3, -0.25) is 9.78 Å². The van der Waals surface area contributed by atoms with Crippen LogP contribution in [0.4, 0.5) is 5.69 Å². The summed E-state index contributed by atoms with van der Waals surface area (Å²) in [7, 11) is 0. The van der Waals surface area contributed by atoms with Crippen molar-refractivity contribution in [2.24, 2.45) is 11.8 Å². The number of anilines is 1. The van der Waals surface area contributed by atoms with Crippen molar-refractivity contribution in [3.8, 4) is 0 Å². The predicted molar refractivity (Wildman–Crippen MR) is 94.4 cm³/mol. The maximum absolute atomic E-state index is 12.3. The Morgan fingerprint density at radius 3 is 2.78 bits per heavy atom. The molecule has 1 fully saturated rings. The Bertz CT molecular complexity index is 645. The summed E-state index contributed by atoms with van der Waals surface area (Å²) in [6.07, 6.45) is 3.67. The minimum absolute atomic E-state index is 0.0645. The molecule has 1 aliphatic heterocycles. The van der Waals surface area contributed by atoms with Gasteiger partial charge in [0.1, 0.15) is 0 Å². The second-order valence-electron chi connectivity index (χ2n) is 5.91. The van der Waals surface area contributed by atoms with E-state index >= 15 is 0 Å². The smallest absolute Gasteiger partial charge is 0.229 e. The van der Waals surface area contributed by atoms with Gasteiger partial charge in [-0.15, -0.1) is 11.8 Å². The zero-order valence-corrected chi connectivity index (χ0v) is 14.0. The first-order valence-electron chi connectivity index (χ1n) is 7.86. The summed E-state index contributed by atoms with van der Waals surface area (Å²) >= 11 is 1.76. The van der Waals surface area contributed by atoms with Crippen LogP contribution in [-0.2, 0) is 10.5 Å². The number of aromatic nitrogens is 1. The monoisotopic (exact) mass is 327 g/mol. The molecule has 2 atom stereocenters. The molecular weight excluding hydrogens is 306 g/mol. The maximum Gasteiger partial charge on any atom is 0.229 e. The van der Waals surface area contributed by atoms with Crippen molar-refractivity contribution in [3.05, 3.63) is 54.4 Å². The molecule has 2 aromatic rings. The van der Waals surface area contributed by atoms with E-state index in [-0.39, 0.29) is 11.8 Å². The van der Waals surface area contributed by atoms with Crippen molar-refractivity contribution in [2.75, 3.05) is 18.4 Å². The molecule has 1 aromatic heterocycles. The third kappa shape index (κ3) is 4.33. The van der Waals surface area contributed by atoms with Crippen molar-refractivity contribution in [1.82, 2.24) is 10.3 Å². The Kier molecular flexibility index (Phi) is 5.31. The van der Waals surface area contributed by atoms with E-state index in [1.165, 1.54) is 10.5 Å². The lowest BCUT2D eigenvalue weighted by Gasteiger charge is -2.14. The van der Waals surface area contributed by atoms with E-state index in [2.05, 4.69) is 28.6 Å². The molecule has 1 amide bonds. The standard InChI is InChI=1S/C18H21N3OS/c1-13-9-20-11-17(13)18(22)21-15-4-6-16(7-5-15)23-12-14-3-2-8-19-10-14/h2-8,10,13,17,20H,9,11-12H2,1H3,(H,21,22)/t13-,17-/m1/s1. The summed E-state index contributed by atoms with van der Waals surface area (Å²) in [5.74, 6) is 1.46. The topological polar surface area (TPSA) is 54.0 Å². The van der Waals surface area contributed by atoms with Gasteiger partial charge in [0.05, 0.1) is 5.92 Å². The minimum Gasteiger partial charge on any atom is -0.326 e. The summed E-state index contributed by atoms with van der Waals surface area (Å²) in [5, 5.41) is 6.28. The Morgan fingerprint density at radius 1 is 1.30 bits per heavy atom. The van der Waals surface area contributed by atoms with Gasteiger partial charge < -0.3 is 10.6 Å². The molecule has 120 valence electrons. The van der Waals surface area contributed by atoms with Gasteiger partial charge >= 0.3 is 0 Å². The number of carbonyl (C=O) groups excluding carboxylic acids is 1. The van der Waals surface area contributed by atoms with E-state index in [0.717, 1.165) is 24.5 Å². The number of carbonyl (C=O) groups is 1. The molecule has 0 radical (unpaired) electrons. The highest BCUT2D eigenvalue weighted by molar-refractivity contribution is 7.98. The van der Waals surface area contributed by atoms with Crippen LogP contribution in [0.25, 0.3) is 0 Å². The van der Waals surface area contributed by atoms with E-state index in [0.29, 0.717) is 5.92 Å². The molecule has 0 unspecified atom stereocenters. The number of benzene rings is 1. The van der Waals surface area contributed by atoms with E-state index in [4.69, 9.17) is 0 Å². The first-order valence-corrected chi connectivity index (χ1v) is 8.84. The fourth-order valence-corrected chi connectivity index (χ4v) is 3.51. The summed E-state index contributed by atoms with van der Waals surface area (Å²) < 4.78 is 0. The molecular formula is C18H21N3OS. The van der Waals surface area contributed by atoms with Crippen molar-refractivity contribution in [3.63, 3.8) is 0 Å². The highest BCUT2D eigenvalue weighted by Gasteiger charge is 2.29. The van der Waals surface area contributed by atoms with Crippen LogP contribution in [0.3, 0.4) is 0 Å². The Labute approximate surface area is 141 Å². The average molecular weight is 327 g/mol. The molecule has 0 saturated carbocycles. The molecule has 1 saturated heterocycles. The molecule has 0 aliphatic carbocycles. The van der Waals surface area contributed by atoms with Crippen LogP contribution in [0.2, 0.25) is 0 Å². The summed E-state index contributed by atoms with van der Waals surface area (Å²) in [6.45, 7) is 3.80. The number of hydrogen-bond acceptors (Lipinski definition) is 4. The third-order valence-corrected chi connectivity index (χ3v) is 5.19. The molecule has 23 heavy (non-hydrogen) atoms. The number of amides is 1. The van der Waals surface area contributed by atoms with Gasteiger partial charge in [0.25, 0.3) is 0 Å². The number of nitrogens with one attached hydrogen (secondary N) is 2. The minimum atomic E-state index is 0.0645. The average Bonchev–Trinajstić information content (AvgIpc) is 3.01. The van der Waals surface area contributed by atoms with Crippen LogP contribution in [0.1, 0.15) is 12.5 Å². The lowest BCUT2D eigenvalue weighted by molar-refractivity contribution is -0.120. The quantitative estimate of drug-likeness (QED) is 0.828. The van der Waals surface area contributed by atoms with Crippen molar-refractivity contribution >= 4 is 23.4 Å². The number of nitrogens with zero attached hydrogens (tertiary/aromatic N) is 1. The van der Waals surface area contributed by atoms with Gasteiger partial charge in [0, 0.05) is 35.3 Å². The first kappa shape index (κ1) is 16.0. The van der Waals surface area contributed by atoms with Crippen molar-refractivity contribution in [1.29, 1.82) is 0 Å². The Hall–Kier alpha value is -1.85. The van der Waals surface area contributed by atoms with Crippen molar-refractivity contribution in [2.45, 2.75) is 17.6 Å². The van der Waals surface area contributed by atoms with Gasteiger partial charge in [-0.2, -0.15) is 0 Å². The highest BCUT2D eigenvalue weighted by Crippen LogP contribution is 2.24. The summed E-state index contributed by atoms with van der Waals surface area (Å²) in [4.78, 5) is 17.6. The summed E-state index contributed by atoms with van der Waals surface area (Å²) in [5.41, 5.74) is 2.07. The molecule has 1 aromatic carbocycles. The molecule has 0 bridgehead atoms. The zero-order valence-electron chi connectivity index (χ0n) is 13.2. The molecule has 4 nitrogen and oxygen atoms in total.